The maximum atomic E-state index is 9.59. The van der Waals surface area contributed by atoms with Crippen LogP contribution >= 0.6 is 0 Å². The molecule has 1 aromatic heterocycles. The highest BCUT2D eigenvalue weighted by molar-refractivity contribution is 5.34. The molecule has 1 aromatic carbocycles. The maximum Gasteiger partial charge on any atom is 0.145 e. The second-order valence-corrected chi connectivity index (χ2v) is 3.80. The summed E-state index contributed by atoms with van der Waals surface area (Å²) in [6.45, 7) is 3.78. The molecule has 0 saturated heterocycles. The summed E-state index contributed by atoms with van der Waals surface area (Å²) in [6, 6.07) is 7.35. The number of para-hydroxylation sites is 1. The lowest BCUT2D eigenvalue weighted by Gasteiger charge is -2.12. The van der Waals surface area contributed by atoms with E-state index in [1.54, 1.807) is 13.8 Å². The van der Waals surface area contributed by atoms with Crippen LogP contribution in [0.2, 0.25) is 0 Å². The molecule has 1 atom stereocenters. The van der Waals surface area contributed by atoms with Gasteiger partial charge in [0.1, 0.15) is 23.7 Å². The second kappa shape index (κ2) is 4.97. The van der Waals surface area contributed by atoms with Crippen molar-refractivity contribution in [2.24, 2.45) is 0 Å². The van der Waals surface area contributed by atoms with Gasteiger partial charge < -0.3 is 9.84 Å². The van der Waals surface area contributed by atoms with Crippen molar-refractivity contribution in [3.05, 3.63) is 41.2 Å². The highest BCUT2D eigenvalue weighted by atomic mass is 16.6. The molecule has 0 aliphatic carbocycles. The smallest absolute Gasteiger partial charge is 0.145 e. The van der Waals surface area contributed by atoms with E-state index in [1.165, 1.54) is 0 Å². The SMILES string of the molecule is Cc1nonc1COc1ccccc1[C@H](C)O. The minimum absolute atomic E-state index is 0.277. The van der Waals surface area contributed by atoms with E-state index in [-0.39, 0.29) is 6.61 Å². The van der Waals surface area contributed by atoms with Gasteiger partial charge in [-0.3, -0.25) is 0 Å². The molecule has 0 amide bonds. The Morgan fingerprint density at radius 2 is 2.12 bits per heavy atom. The van der Waals surface area contributed by atoms with Gasteiger partial charge in [-0.05, 0) is 19.9 Å². The number of aliphatic hydroxyl groups is 1. The minimum atomic E-state index is -0.567. The third kappa shape index (κ3) is 2.62. The third-order valence-corrected chi connectivity index (χ3v) is 2.48. The van der Waals surface area contributed by atoms with Crippen LogP contribution in [0, 0.1) is 6.92 Å². The van der Waals surface area contributed by atoms with Crippen LogP contribution in [0.4, 0.5) is 0 Å². The van der Waals surface area contributed by atoms with Crippen LogP contribution < -0.4 is 4.74 Å². The van der Waals surface area contributed by atoms with Gasteiger partial charge in [0, 0.05) is 5.56 Å². The van der Waals surface area contributed by atoms with E-state index in [2.05, 4.69) is 14.9 Å². The average Bonchev–Trinajstić information content (AvgIpc) is 2.72. The quantitative estimate of drug-likeness (QED) is 0.876. The van der Waals surface area contributed by atoms with Crippen LogP contribution in [0.15, 0.2) is 28.9 Å². The molecule has 2 aromatic rings. The van der Waals surface area contributed by atoms with Crippen LogP contribution in [-0.4, -0.2) is 15.4 Å². The fourth-order valence-electron chi connectivity index (χ4n) is 1.48. The van der Waals surface area contributed by atoms with Crippen molar-refractivity contribution >= 4 is 0 Å². The van der Waals surface area contributed by atoms with E-state index in [4.69, 9.17) is 4.74 Å². The average molecular weight is 234 g/mol. The molecule has 90 valence electrons. The van der Waals surface area contributed by atoms with Crippen molar-refractivity contribution in [1.82, 2.24) is 10.3 Å². The first-order valence-electron chi connectivity index (χ1n) is 5.36. The standard InChI is InChI=1S/C12H14N2O3/c1-8-11(14-17-13-8)7-16-12-6-4-3-5-10(12)9(2)15/h3-6,9,15H,7H2,1-2H3/t9-/m0/s1. The van der Waals surface area contributed by atoms with E-state index in [1.807, 2.05) is 24.3 Å². The number of hydrogen-bond donors (Lipinski definition) is 1. The van der Waals surface area contributed by atoms with Crippen molar-refractivity contribution < 1.29 is 14.5 Å². The first-order chi connectivity index (χ1) is 8.18. The number of ether oxygens (including phenoxy) is 1. The third-order valence-electron chi connectivity index (χ3n) is 2.48. The zero-order valence-electron chi connectivity index (χ0n) is 9.75. The maximum absolute atomic E-state index is 9.59. The topological polar surface area (TPSA) is 68.4 Å². The Morgan fingerprint density at radius 3 is 2.76 bits per heavy atom. The number of aromatic nitrogens is 2. The van der Waals surface area contributed by atoms with Gasteiger partial charge in [0.05, 0.1) is 6.10 Å². The molecule has 1 N–H and O–H groups in total. The molecule has 2 rings (SSSR count). The van der Waals surface area contributed by atoms with Gasteiger partial charge in [0.15, 0.2) is 0 Å². The molecule has 0 saturated carbocycles. The molecule has 0 aliphatic heterocycles. The Hall–Kier alpha value is -1.88. The Balaban J connectivity index is 2.11. The Labute approximate surface area is 99.0 Å². The van der Waals surface area contributed by atoms with E-state index in [9.17, 15) is 5.11 Å². The molecule has 0 spiro atoms. The monoisotopic (exact) mass is 234 g/mol. The summed E-state index contributed by atoms with van der Waals surface area (Å²) in [5.74, 6) is 0.643. The van der Waals surface area contributed by atoms with Gasteiger partial charge in [0.25, 0.3) is 0 Å². The minimum Gasteiger partial charge on any atom is -0.487 e. The van der Waals surface area contributed by atoms with Crippen LogP contribution in [0.3, 0.4) is 0 Å². The summed E-state index contributed by atoms with van der Waals surface area (Å²) in [7, 11) is 0. The van der Waals surface area contributed by atoms with E-state index < -0.39 is 6.10 Å². The lowest BCUT2D eigenvalue weighted by atomic mass is 10.1. The molecule has 0 aliphatic rings. The molecule has 0 unspecified atom stereocenters. The Morgan fingerprint density at radius 1 is 1.35 bits per heavy atom. The number of aliphatic hydroxyl groups excluding tert-OH is 1. The van der Waals surface area contributed by atoms with Crippen LogP contribution in [0.1, 0.15) is 30.0 Å². The molecule has 5 heteroatoms. The summed E-state index contributed by atoms with van der Waals surface area (Å²) in [6.07, 6.45) is -0.567. The number of nitrogens with zero attached hydrogens (tertiary/aromatic N) is 2. The molecule has 1 heterocycles. The van der Waals surface area contributed by atoms with Crippen molar-refractivity contribution in [1.29, 1.82) is 0 Å². The van der Waals surface area contributed by atoms with Gasteiger partial charge >= 0.3 is 0 Å². The second-order valence-electron chi connectivity index (χ2n) is 3.80. The zero-order chi connectivity index (χ0) is 12.3. The summed E-state index contributed by atoms with van der Waals surface area (Å²) in [5.41, 5.74) is 2.12. The van der Waals surface area contributed by atoms with E-state index >= 15 is 0 Å². The largest absolute Gasteiger partial charge is 0.487 e. The first kappa shape index (κ1) is 11.6. The molecule has 17 heavy (non-hydrogen) atoms. The summed E-state index contributed by atoms with van der Waals surface area (Å²) in [5, 5.41) is 17.0. The van der Waals surface area contributed by atoms with E-state index in [0.717, 1.165) is 5.56 Å². The Bertz CT molecular complexity index is 494. The number of hydrogen-bond acceptors (Lipinski definition) is 5. The van der Waals surface area contributed by atoms with Gasteiger partial charge in [-0.25, -0.2) is 4.63 Å². The fourth-order valence-corrected chi connectivity index (χ4v) is 1.48. The van der Waals surface area contributed by atoms with Crippen molar-refractivity contribution in [2.75, 3.05) is 0 Å². The zero-order valence-corrected chi connectivity index (χ0v) is 9.75. The number of benzene rings is 1. The van der Waals surface area contributed by atoms with Crippen LogP contribution in [-0.2, 0) is 6.61 Å². The van der Waals surface area contributed by atoms with Crippen LogP contribution in [0.5, 0.6) is 5.75 Å². The van der Waals surface area contributed by atoms with Gasteiger partial charge in [-0.1, -0.05) is 28.5 Å². The molecule has 0 radical (unpaired) electrons. The molecule has 5 nitrogen and oxygen atoms in total. The fraction of sp³-hybridized carbons (Fsp3) is 0.333. The van der Waals surface area contributed by atoms with Gasteiger partial charge in [0.2, 0.25) is 0 Å². The van der Waals surface area contributed by atoms with E-state index in [0.29, 0.717) is 17.1 Å². The predicted octanol–water partition coefficient (Wildman–Crippen LogP) is 2.01. The predicted molar refractivity (Wildman–Crippen MR) is 60.4 cm³/mol. The lowest BCUT2D eigenvalue weighted by molar-refractivity contribution is 0.189. The molecule has 0 fully saturated rings. The highest BCUT2D eigenvalue weighted by Crippen LogP contribution is 2.25. The molecular formula is C12H14N2O3. The summed E-state index contributed by atoms with van der Waals surface area (Å²) in [4.78, 5) is 0. The highest BCUT2D eigenvalue weighted by Gasteiger charge is 2.10. The van der Waals surface area contributed by atoms with Crippen molar-refractivity contribution in [3.8, 4) is 5.75 Å². The summed E-state index contributed by atoms with van der Waals surface area (Å²) < 4.78 is 10.2. The Kier molecular flexibility index (Phi) is 3.39. The van der Waals surface area contributed by atoms with Gasteiger partial charge in [-0.2, -0.15) is 0 Å². The number of aryl methyl sites for hydroxylation is 1. The number of rotatable bonds is 4. The van der Waals surface area contributed by atoms with Crippen LogP contribution in [0.25, 0.3) is 0 Å². The first-order valence-corrected chi connectivity index (χ1v) is 5.36. The molecule has 0 bridgehead atoms. The van der Waals surface area contributed by atoms with Crippen molar-refractivity contribution in [2.45, 2.75) is 26.6 Å². The van der Waals surface area contributed by atoms with Crippen molar-refractivity contribution in [3.63, 3.8) is 0 Å². The lowest BCUT2D eigenvalue weighted by Crippen LogP contribution is -2.02. The van der Waals surface area contributed by atoms with Gasteiger partial charge in [-0.15, -0.1) is 0 Å². The normalized spacial score (nSPS) is 12.4. The molecular weight excluding hydrogens is 220 g/mol. The summed E-state index contributed by atoms with van der Waals surface area (Å²) >= 11 is 0.